The van der Waals surface area contributed by atoms with Crippen molar-refractivity contribution in [1.29, 1.82) is 0 Å². The molecule has 0 fully saturated rings. The molecule has 0 atom stereocenters. The third kappa shape index (κ3) is 4.75. The highest BCUT2D eigenvalue weighted by Gasteiger charge is 2.08. The maximum absolute atomic E-state index is 13.4. The van der Waals surface area contributed by atoms with E-state index in [2.05, 4.69) is 20.5 Å². The second kappa shape index (κ2) is 7.63. The number of H-pyrrole nitrogens is 1. The first-order chi connectivity index (χ1) is 10.2. The first-order valence-electron chi connectivity index (χ1n) is 6.41. The Hall–Kier alpha value is -2.09. The van der Waals surface area contributed by atoms with Crippen LogP contribution in [-0.2, 0) is 4.79 Å². The fraction of sp³-hybridized carbons (Fsp3) is 0.308. The lowest BCUT2D eigenvalue weighted by molar-refractivity contribution is -0.115. The molecule has 2 N–H and O–H groups in total. The summed E-state index contributed by atoms with van der Waals surface area (Å²) in [5.74, 6) is 0.205. The number of nitrogens with zero attached hydrogens (tertiary/aromatic N) is 2. The highest BCUT2D eigenvalue weighted by molar-refractivity contribution is 7.99. The van der Waals surface area contributed by atoms with Gasteiger partial charge in [-0.2, -0.15) is 4.98 Å². The number of aromatic amines is 1. The molecule has 8 heteroatoms. The van der Waals surface area contributed by atoms with E-state index in [1.807, 2.05) is 6.92 Å². The number of thioether (sulfide) groups is 1. The molecule has 0 radical (unpaired) electrons. The van der Waals surface area contributed by atoms with Gasteiger partial charge in [-0.1, -0.05) is 12.1 Å². The lowest BCUT2D eigenvalue weighted by atomic mass is 10.3. The lowest BCUT2D eigenvalue weighted by Gasteiger charge is -2.03. The molecular weight excluding hydrogens is 295 g/mol. The first-order valence-corrected chi connectivity index (χ1v) is 7.40. The Morgan fingerprint density at radius 3 is 3.05 bits per heavy atom. The maximum Gasteiger partial charge on any atom is 0.337 e. The molecule has 1 amide bonds. The highest BCUT2D eigenvalue weighted by atomic mass is 32.2. The molecule has 0 spiro atoms. The second-order valence-electron chi connectivity index (χ2n) is 3.98. The van der Waals surface area contributed by atoms with Crippen LogP contribution in [0.3, 0.4) is 0 Å². The predicted octanol–water partition coefficient (Wildman–Crippen LogP) is 2.46. The van der Waals surface area contributed by atoms with Crippen molar-refractivity contribution in [2.24, 2.45) is 0 Å². The zero-order valence-electron chi connectivity index (χ0n) is 11.4. The van der Waals surface area contributed by atoms with Crippen LogP contribution >= 0.6 is 11.8 Å². The van der Waals surface area contributed by atoms with Crippen LogP contribution in [0.4, 0.5) is 10.3 Å². The summed E-state index contributed by atoms with van der Waals surface area (Å²) in [6, 6.07) is 6.66. The molecule has 0 aliphatic heterocycles. The predicted molar refractivity (Wildman–Crippen MR) is 77.9 cm³/mol. The number of nitrogens with one attached hydrogen (secondary N) is 2. The summed E-state index contributed by atoms with van der Waals surface area (Å²) in [7, 11) is 0. The maximum atomic E-state index is 13.4. The Morgan fingerprint density at radius 2 is 2.29 bits per heavy atom. The minimum atomic E-state index is -0.278. The summed E-state index contributed by atoms with van der Waals surface area (Å²) in [5, 5.41) is 8.89. The molecule has 0 unspecified atom stereocenters. The summed E-state index contributed by atoms with van der Waals surface area (Å²) in [6.07, 6.45) is 0.240. The zero-order chi connectivity index (χ0) is 15.1. The minimum Gasteiger partial charge on any atom is -0.463 e. The average Bonchev–Trinajstić information content (AvgIpc) is 2.88. The number of carbonyl (C=O) groups is 1. The topological polar surface area (TPSA) is 79.9 Å². The van der Waals surface area contributed by atoms with Gasteiger partial charge < -0.3 is 4.74 Å². The van der Waals surface area contributed by atoms with Crippen molar-refractivity contribution in [3.63, 3.8) is 0 Å². The van der Waals surface area contributed by atoms with Crippen LogP contribution in [0, 0.1) is 5.82 Å². The second-order valence-corrected chi connectivity index (χ2v) is 5.11. The number of carbonyl (C=O) groups excluding carboxylic acids is 1. The van der Waals surface area contributed by atoms with E-state index in [9.17, 15) is 9.18 Å². The van der Waals surface area contributed by atoms with Gasteiger partial charge in [0.2, 0.25) is 11.9 Å². The van der Waals surface area contributed by atoms with Crippen molar-refractivity contribution < 1.29 is 13.9 Å². The molecule has 1 aromatic carbocycles. The number of benzene rings is 1. The molecule has 0 aliphatic carbocycles. The number of rotatable bonds is 7. The van der Waals surface area contributed by atoms with Gasteiger partial charge in [0.25, 0.3) is 0 Å². The summed E-state index contributed by atoms with van der Waals surface area (Å²) >= 11 is 1.29. The van der Waals surface area contributed by atoms with E-state index in [1.54, 1.807) is 18.2 Å². The van der Waals surface area contributed by atoms with Crippen LogP contribution in [0.2, 0.25) is 0 Å². The van der Waals surface area contributed by atoms with Crippen LogP contribution in [0.25, 0.3) is 0 Å². The molecule has 2 rings (SSSR count). The van der Waals surface area contributed by atoms with Crippen molar-refractivity contribution in [1.82, 2.24) is 15.2 Å². The van der Waals surface area contributed by atoms with Gasteiger partial charge in [0.1, 0.15) is 5.82 Å². The van der Waals surface area contributed by atoms with Gasteiger partial charge in [-0.05, 0) is 19.1 Å². The van der Waals surface area contributed by atoms with Crippen molar-refractivity contribution >= 4 is 23.6 Å². The van der Waals surface area contributed by atoms with E-state index in [-0.39, 0.29) is 30.1 Å². The number of aromatic nitrogens is 3. The van der Waals surface area contributed by atoms with Gasteiger partial charge in [0.05, 0.1) is 6.61 Å². The number of amides is 1. The van der Waals surface area contributed by atoms with Crippen molar-refractivity contribution in [3.8, 4) is 6.01 Å². The van der Waals surface area contributed by atoms with Crippen molar-refractivity contribution in [3.05, 3.63) is 30.1 Å². The molecule has 0 saturated carbocycles. The molecule has 21 heavy (non-hydrogen) atoms. The Bertz CT molecular complexity index is 605. The molecule has 2 aromatic rings. The van der Waals surface area contributed by atoms with E-state index in [4.69, 9.17) is 4.74 Å². The van der Waals surface area contributed by atoms with E-state index < -0.39 is 0 Å². The largest absolute Gasteiger partial charge is 0.463 e. The SMILES string of the molecule is CCOc1n[nH]c(NC(=O)CCSc2ccccc2F)n1. The molecule has 112 valence electrons. The Balaban J connectivity index is 1.75. The van der Waals surface area contributed by atoms with E-state index in [1.165, 1.54) is 17.8 Å². The summed E-state index contributed by atoms with van der Waals surface area (Å²) in [4.78, 5) is 16.2. The third-order valence-electron chi connectivity index (χ3n) is 2.42. The fourth-order valence-electron chi connectivity index (χ4n) is 1.51. The van der Waals surface area contributed by atoms with Gasteiger partial charge in [0.15, 0.2) is 0 Å². The molecule has 0 saturated heterocycles. The monoisotopic (exact) mass is 310 g/mol. The number of anilines is 1. The van der Waals surface area contributed by atoms with Gasteiger partial charge >= 0.3 is 6.01 Å². The van der Waals surface area contributed by atoms with Crippen LogP contribution in [-0.4, -0.2) is 33.4 Å². The van der Waals surface area contributed by atoms with Gasteiger partial charge in [-0.3, -0.25) is 10.1 Å². The fourth-order valence-corrected chi connectivity index (χ4v) is 2.39. The Labute approximate surface area is 125 Å². The number of halogens is 1. The molecule has 0 bridgehead atoms. The standard InChI is InChI=1S/C13H15FN4O2S/c1-2-20-13-16-12(17-18-13)15-11(19)7-8-21-10-6-4-3-5-9(10)14/h3-6H,2,7-8H2,1H3,(H2,15,16,17,18,19). The molecule has 6 nitrogen and oxygen atoms in total. The number of hydrogen-bond acceptors (Lipinski definition) is 5. The van der Waals surface area contributed by atoms with Crippen LogP contribution in [0.5, 0.6) is 6.01 Å². The Morgan fingerprint density at radius 1 is 1.48 bits per heavy atom. The van der Waals surface area contributed by atoms with Gasteiger partial charge in [0, 0.05) is 17.1 Å². The third-order valence-corrected chi connectivity index (χ3v) is 3.47. The summed E-state index contributed by atoms with van der Waals surface area (Å²) < 4.78 is 18.4. The minimum absolute atomic E-state index is 0.188. The molecule has 1 aromatic heterocycles. The highest BCUT2D eigenvalue weighted by Crippen LogP contribution is 2.21. The van der Waals surface area contributed by atoms with E-state index in [0.717, 1.165) is 0 Å². The van der Waals surface area contributed by atoms with Crippen molar-refractivity contribution in [2.75, 3.05) is 17.7 Å². The number of ether oxygens (including phenoxy) is 1. The van der Waals surface area contributed by atoms with Gasteiger partial charge in [-0.25, -0.2) is 9.49 Å². The van der Waals surface area contributed by atoms with Crippen molar-refractivity contribution in [2.45, 2.75) is 18.2 Å². The van der Waals surface area contributed by atoms with Crippen LogP contribution in [0.15, 0.2) is 29.2 Å². The average molecular weight is 310 g/mol. The first kappa shape index (κ1) is 15.3. The van der Waals surface area contributed by atoms with Crippen LogP contribution < -0.4 is 10.1 Å². The Kier molecular flexibility index (Phi) is 5.56. The van der Waals surface area contributed by atoms with E-state index in [0.29, 0.717) is 17.3 Å². The normalized spacial score (nSPS) is 10.4. The molecular formula is C13H15FN4O2S. The smallest absolute Gasteiger partial charge is 0.337 e. The molecule has 0 aliphatic rings. The summed E-state index contributed by atoms with van der Waals surface area (Å²) in [5.41, 5.74) is 0. The van der Waals surface area contributed by atoms with Gasteiger partial charge in [-0.15, -0.1) is 16.9 Å². The quantitative estimate of drug-likeness (QED) is 0.768. The van der Waals surface area contributed by atoms with E-state index >= 15 is 0 Å². The lowest BCUT2D eigenvalue weighted by Crippen LogP contribution is -2.13. The zero-order valence-corrected chi connectivity index (χ0v) is 12.2. The summed E-state index contributed by atoms with van der Waals surface area (Å²) in [6.45, 7) is 2.26. The number of hydrogen-bond donors (Lipinski definition) is 2. The molecule has 1 heterocycles. The van der Waals surface area contributed by atoms with Crippen LogP contribution in [0.1, 0.15) is 13.3 Å².